The van der Waals surface area contributed by atoms with Gasteiger partial charge in [-0.2, -0.15) is 0 Å². The van der Waals surface area contributed by atoms with E-state index in [2.05, 4.69) is 27.7 Å². The quantitative estimate of drug-likeness (QED) is 0.726. The maximum atomic E-state index is 12.6. The summed E-state index contributed by atoms with van der Waals surface area (Å²) in [6.07, 6.45) is 5.84. The lowest BCUT2D eigenvalue weighted by Crippen LogP contribution is -2.48. The molecule has 1 rings (SSSR count). The zero-order chi connectivity index (χ0) is 13.1. The number of ether oxygens (including phenoxy) is 1. The Kier molecular flexibility index (Phi) is 4.77. The van der Waals surface area contributed by atoms with Gasteiger partial charge in [-0.15, -0.1) is 0 Å². The highest BCUT2D eigenvalue weighted by molar-refractivity contribution is 5.89. The SMILES string of the molecule is CCC(CC)C(=O)C1(OC)CCC(C)(C)CC1. The van der Waals surface area contributed by atoms with Gasteiger partial charge in [-0.25, -0.2) is 0 Å². The smallest absolute Gasteiger partial charge is 0.167 e. The maximum Gasteiger partial charge on any atom is 0.167 e. The molecule has 0 saturated heterocycles. The number of rotatable bonds is 5. The van der Waals surface area contributed by atoms with E-state index in [0.29, 0.717) is 11.2 Å². The van der Waals surface area contributed by atoms with Gasteiger partial charge in [-0.05, 0) is 43.9 Å². The number of hydrogen-bond acceptors (Lipinski definition) is 2. The Bertz CT molecular complexity index is 254. The van der Waals surface area contributed by atoms with Crippen LogP contribution in [0.15, 0.2) is 0 Å². The lowest BCUT2D eigenvalue weighted by Gasteiger charge is -2.42. The molecule has 100 valence electrons. The lowest BCUT2D eigenvalue weighted by molar-refractivity contribution is -0.152. The summed E-state index contributed by atoms with van der Waals surface area (Å²) in [7, 11) is 1.71. The van der Waals surface area contributed by atoms with Crippen LogP contribution in [0.5, 0.6) is 0 Å². The number of methoxy groups -OCH3 is 1. The average Bonchev–Trinajstić information content (AvgIpc) is 2.31. The molecule has 0 heterocycles. The first-order chi connectivity index (χ1) is 7.90. The minimum Gasteiger partial charge on any atom is -0.370 e. The van der Waals surface area contributed by atoms with Crippen molar-refractivity contribution in [3.8, 4) is 0 Å². The highest BCUT2D eigenvalue weighted by Gasteiger charge is 2.45. The van der Waals surface area contributed by atoms with Crippen LogP contribution in [0.2, 0.25) is 0 Å². The molecule has 0 aromatic rings. The fourth-order valence-corrected chi connectivity index (χ4v) is 2.91. The minimum absolute atomic E-state index is 0.177. The average molecular weight is 240 g/mol. The second-order valence-electron chi connectivity index (χ2n) is 6.24. The molecule has 0 atom stereocenters. The van der Waals surface area contributed by atoms with E-state index in [4.69, 9.17) is 4.74 Å². The van der Waals surface area contributed by atoms with Crippen molar-refractivity contribution in [1.29, 1.82) is 0 Å². The molecule has 1 saturated carbocycles. The molecule has 0 bridgehead atoms. The van der Waals surface area contributed by atoms with E-state index in [9.17, 15) is 4.79 Å². The maximum absolute atomic E-state index is 12.6. The summed E-state index contributed by atoms with van der Waals surface area (Å²) < 4.78 is 5.67. The lowest BCUT2D eigenvalue weighted by atomic mass is 9.67. The normalized spacial score (nSPS) is 22.7. The Balaban J connectivity index is 2.80. The zero-order valence-corrected chi connectivity index (χ0v) is 12.1. The van der Waals surface area contributed by atoms with Gasteiger partial charge >= 0.3 is 0 Å². The fraction of sp³-hybridized carbons (Fsp3) is 0.933. The van der Waals surface area contributed by atoms with E-state index in [1.54, 1.807) is 7.11 Å². The molecule has 2 nitrogen and oxygen atoms in total. The minimum atomic E-state index is -0.480. The van der Waals surface area contributed by atoms with Crippen LogP contribution >= 0.6 is 0 Å². The zero-order valence-electron chi connectivity index (χ0n) is 12.1. The Morgan fingerprint density at radius 3 is 1.94 bits per heavy atom. The summed E-state index contributed by atoms with van der Waals surface area (Å²) in [5.74, 6) is 0.525. The molecule has 0 aromatic heterocycles. The molecule has 0 aromatic carbocycles. The van der Waals surface area contributed by atoms with Gasteiger partial charge in [0.1, 0.15) is 5.60 Å². The number of ketones is 1. The number of hydrogen-bond donors (Lipinski definition) is 0. The van der Waals surface area contributed by atoms with Crippen LogP contribution in [0.1, 0.15) is 66.2 Å². The summed E-state index contributed by atoms with van der Waals surface area (Å²) in [5.41, 5.74) is -0.109. The van der Waals surface area contributed by atoms with Crippen molar-refractivity contribution in [3.05, 3.63) is 0 Å². The number of carbonyl (C=O) groups is 1. The van der Waals surface area contributed by atoms with Crippen LogP contribution in [0.25, 0.3) is 0 Å². The van der Waals surface area contributed by atoms with Gasteiger partial charge in [0.2, 0.25) is 0 Å². The number of Topliss-reactive ketones (excluding diaryl/α,β-unsaturated/α-hetero) is 1. The molecular weight excluding hydrogens is 212 g/mol. The van der Waals surface area contributed by atoms with E-state index < -0.39 is 5.60 Å². The van der Waals surface area contributed by atoms with Crippen molar-refractivity contribution >= 4 is 5.78 Å². The van der Waals surface area contributed by atoms with Crippen molar-refractivity contribution in [1.82, 2.24) is 0 Å². The van der Waals surface area contributed by atoms with Crippen molar-refractivity contribution in [2.45, 2.75) is 71.8 Å². The van der Waals surface area contributed by atoms with Gasteiger partial charge in [-0.3, -0.25) is 4.79 Å². The molecule has 1 fully saturated rings. The first-order valence-electron chi connectivity index (χ1n) is 7.00. The summed E-state index contributed by atoms with van der Waals surface area (Å²) >= 11 is 0. The highest BCUT2D eigenvalue weighted by atomic mass is 16.5. The Morgan fingerprint density at radius 1 is 1.12 bits per heavy atom. The second kappa shape index (κ2) is 5.51. The second-order valence-corrected chi connectivity index (χ2v) is 6.24. The third kappa shape index (κ3) is 3.09. The molecule has 1 aliphatic rings. The highest BCUT2D eigenvalue weighted by Crippen LogP contribution is 2.43. The van der Waals surface area contributed by atoms with Crippen molar-refractivity contribution in [2.24, 2.45) is 11.3 Å². The van der Waals surface area contributed by atoms with Crippen LogP contribution in [0.4, 0.5) is 0 Å². The predicted molar refractivity (Wildman–Crippen MR) is 71.1 cm³/mol. The fourth-order valence-electron chi connectivity index (χ4n) is 2.91. The van der Waals surface area contributed by atoms with E-state index >= 15 is 0 Å². The largest absolute Gasteiger partial charge is 0.370 e. The van der Waals surface area contributed by atoms with Crippen molar-refractivity contribution in [2.75, 3.05) is 7.11 Å². The molecule has 1 aliphatic carbocycles. The Hall–Kier alpha value is -0.370. The third-order valence-corrected chi connectivity index (χ3v) is 4.61. The molecule has 2 heteroatoms. The first-order valence-corrected chi connectivity index (χ1v) is 7.00. The van der Waals surface area contributed by atoms with Crippen LogP contribution < -0.4 is 0 Å². The van der Waals surface area contributed by atoms with Crippen molar-refractivity contribution in [3.63, 3.8) is 0 Å². The molecule has 0 radical (unpaired) electrons. The van der Waals surface area contributed by atoms with Gasteiger partial charge in [0, 0.05) is 13.0 Å². The third-order valence-electron chi connectivity index (χ3n) is 4.61. The van der Waals surface area contributed by atoms with Crippen molar-refractivity contribution < 1.29 is 9.53 Å². The van der Waals surface area contributed by atoms with Gasteiger partial charge in [-0.1, -0.05) is 27.7 Å². The summed E-state index contributed by atoms with van der Waals surface area (Å²) in [4.78, 5) is 12.6. The topological polar surface area (TPSA) is 26.3 Å². The van der Waals surface area contributed by atoms with Gasteiger partial charge in [0.25, 0.3) is 0 Å². The molecular formula is C15H28O2. The molecule has 0 aliphatic heterocycles. The first kappa shape index (κ1) is 14.7. The molecule has 0 spiro atoms. The van der Waals surface area contributed by atoms with Crippen LogP contribution in [0, 0.1) is 11.3 Å². The van der Waals surface area contributed by atoms with Crippen LogP contribution in [-0.4, -0.2) is 18.5 Å². The molecule has 0 unspecified atom stereocenters. The van der Waals surface area contributed by atoms with Gasteiger partial charge in [0.15, 0.2) is 5.78 Å². The predicted octanol–water partition coefficient (Wildman–Crippen LogP) is 3.98. The molecule has 0 N–H and O–H groups in total. The van der Waals surface area contributed by atoms with E-state index in [0.717, 1.165) is 38.5 Å². The van der Waals surface area contributed by atoms with Gasteiger partial charge in [0.05, 0.1) is 0 Å². The molecule has 17 heavy (non-hydrogen) atoms. The summed E-state index contributed by atoms with van der Waals surface area (Å²) in [5, 5.41) is 0. The summed E-state index contributed by atoms with van der Waals surface area (Å²) in [6, 6.07) is 0. The van der Waals surface area contributed by atoms with Gasteiger partial charge < -0.3 is 4.74 Å². The Labute approximate surface area is 106 Å². The monoisotopic (exact) mass is 240 g/mol. The van der Waals surface area contributed by atoms with E-state index in [-0.39, 0.29) is 5.92 Å². The number of carbonyl (C=O) groups excluding carboxylic acids is 1. The Morgan fingerprint density at radius 2 is 1.59 bits per heavy atom. The van der Waals surface area contributed by atoms with E-state index in [1.807, 2.05) is 0 Å². The summed E-state index contributed by atoms with van der Waals surface area (Å²) in [6.45, 7) is 8.77. The van der Waals surface area contributed by atoms with Crippen LogP contribution in [0.3, 0.4) is 0 Å². The van der Waals surface area contributed by atoms with Crippen LogP contribution in [-0.2, 0) is 9.53 Å². The molecule has 0 amide bonds. The standard InChI is InChI=1S/C15H28O2/c1-6-12(7-2)13(16)15(17-5)10-8-14(3,4)9-11-15/h12H,6-11H2,1-5H3. The van der Waals surface area contributed by atoms with E-state index in [1.165, 1.54) is 0 Å².